The Morgan fingerprint density at radius 1 is 0.935 bits per heavy atom. The molecule has 0 fully saturated rings. The second-order valence-corrected chi connectivity index (χ2v) is 8.11. The molecule has 0 unspecified atom stereocenters. The van der Waals surface area contributed by atoms with E-state index in [2.05, 4.69) is 38.1 Å². The van der Waals surface area contributed by atoms with E-state index in [0.717, 1.165) is 41.2 Å². The summed E-state index contributed by atoms with van der Waals surface area (Å²) < 4.78 is 11.9. The number of hydrogen-bond acceptors (Lipinski definition) is 3. The molecule has 1 heterocycles. The average molecular weight is 416 g/mol. The number of carbonyl (C=O) groups is 1. The fourth-order valence-electron chi connectivity index (χ4n) is 4.15. The number of benzene rings is 3. The van der Waals surface area contributed by atoms with Gasteiger partial charge in [0.05, 0.1) is 6.61 Å². The fraction of sp³-hybridized carbons (Fsp3) is 0.296. The minimum atomic E-state index is 0.0465. The molecule has 3 aromatic carbocycles. The van der Waals surface area contributed by atoms with E-state index in [1.165, 1.54) is 11.1 Å². The van der Waals surface area contributed by atoms with Crippen molar-refractivity contribution in [2.45, 2.75) is 40.3 Å². The lowest BCUT2D eigenvalue weighted by Crippen LogP contribution is -2.36. The fourth-order valence-corrected chi connectivity index (χ4v) is 4.15. The quantitative estimate of drug-likeness (QED) is 0.535. The molecule has 4 nitrogen and oxygen atoms in total. The Bertz CT molecular complexity index is 1070. The van der Waals surface area contributed by atoms with Crippen LogP contribution in [0.3, 0.4) is 0 Å². The molecule has 0 radical (unpaired) electrons. The third-order valence-corrected chi connectivity index (χ3v) is 5.61. The first kappa shape index (κ1) is 21.0. The van der Waals surface area contributed by atoms with E-state index < -0.39 is 0 Å². The van der Waals surface area contributed by atoms with Gasteiger partial charge in [-0.15, -0.1) is 0 Å². The van der Waals surface area contributed by atoms with Gasteiger partial charge in [0.25, 0.3) is 5.91 Å². The van der Waals surface area contributed by atoms with Crippen LogP contribution in [0.1, 0.15) is 45.1 Å². The topological polar surface area (TPSA) is 38.8 Å². The Labute approximate surface area is 184 Å². The van der Waals surface area contributed by atoms with Gasteiger partial charge in [-0.2, -0.15) is 0 Å². The van der Waals surface area contributed by atoms with Crippen LogP contribution in [0.5, 0.6) is 11.5 Å². The van der Waals surface area contributed by atoms with Crippen molar-refractivity contribution in [3.63, 3.8) is 0 Å². The minimum absolute atomic E-state index is 0.0465. The number of hydrogen-bond donors (Lipinski definition) is 0. The smallest absolute Gasteiger partial charge is 0.254 e. The van der Waals surface area contributed by atoms with Crippen molar-refractivity contribution in [3.05, 3.63) is 94.0 Å². The van der Waals surface area contributed by atoms with Gasteiger partial charge in [0, 0.05) is 24.2 Å². The molecule has 0 spiro atoms. The maximum Gasteiger partial charge on any atom is 0.254 e. The number of ether oxygens (including phenoxy) is 2. The molecular weight excluding hydrogens is 386 g/mol. The van der Waals surface area contributed by atoms with E-state index in [0.29, 0.717) is 25.3 Å². The molecule has 0 aliphatic carbocycles. The van der Waals surface area contributed by atoms with E-state index in [1.54, 1.807) is 0 Å². The number of carbonyl (C=O) groups excluding carboxylic acids is 1. The highest BCUT2D eigenvalue weighted by atomic mass is 16.5. The van der Waals surface area contributed by atoms with Gasteiger partial charge < -0.3 is 14.4 Å². The Morgan fingerprint density at radius 3 is 2.42 bits per heavy atom. The summed E-state index contributed by atoms with van der Waals surface area (Å²) in [6.07, 6.45) is 0.890. The summed E-state index contributed by atoms with van der Waals surface area (Å²) >= 11 is 0. The largest absolute Gasteiger partial charge is 0.493 e. The second-order valence-electron chi connectivity index (χ2n) is 8.11. The number of rotatable bonds is 6. The molecular formula is C27H29NO3. The third kappa shape index (κ3) is 4.91. The van der Waals surface area contributed by atoms with Crippen LogP contribution in [0.25, 0.3) is 0 Å². The zero-order chi connectivity index (χ0) is 21.8. The molecule has 1 aliphatic rings. The van der Waals surface area contributed by atoms with Crippen molar-refractivity contribution in [2.24, 2.45) is 0 Å². The van der Waals surface area contributed by atoms with Crippen LogP contribution in [0.2, 0.25) is 0 Å². The highest BCUT2D eigenvalue weighted by Crippen LogP contribution is 2.26. The Morgan fingerprint density at radius 2 is 1.68 bits per heavy atom. The van der Waals surface area contributed by atoms with Crippen molar-refractivity contribution in [1.29, 1.82) is 0 Å². The summed E-state index contributed by atoms with van der Waals surface area (Å²) in [5.41, 5.74) is 6.43. The maximum atomic E-state index is 13.2. The second kappa shape index (κ2) is 9.25. The predicted octanol–water partition coefficient (Wildman–Crippen LogP) is 5.48. The number of amides is 1. The van der Waals surface area contributed by atoms with Gasteiger partial charge in [-0.05, 0) is 79.8 Å². The van der Waals surface area contributed by atoms with E-state index in [9.17, 15) is 4.79 Å². The Balaban J connectivity index is 1.54. The van der Waals surface area contributed by atoms with E-state index in [-0.39, 0.29) is 5.91 Å². The SMILES string of the molecule is CCOc1ccc(C(=O)N2CCc3ccccc3C2)cc1COc1cc(C)cc(C)c1. The zero-order valence-corrected chi connectivity index (χ0v) is 18.5. The molecule has 0 atom stereocenters. The van der Waals surface area contributed by atoms with Crippen molar-refractivity contribution in [3.8, 4) is 11.5 Å². The summed E-state index contributed by atoms with van der Waals surface area (Å²) in [5.74, 6) is 1.63. The summed E-state index contributed by atoms with van der Waals surface area (Å²) in [7, 11) is 0. The lowest BCUT2D eigenvalue weighted by molar-refractivity contribution is 0.0734. The first-order valence-corrected chi connectivity index (χ1v) is 10.9. The molecule has 1 amide bonds. The Hall–Kier alpha value is -3.27. The summed E-state index contributed by atoms with van der Waals surface area (Å²) in [6.45, 7) is 8.37. The molecule has 0 aromatic heterocycles. The van der Waals surface area contributed by atoms with Crippen LogP contribution in [-0.2, 0) is 19.6 Å². The highest BCUT2D eigenvalue weighted by molar-refractivity contribution is 5.94. The van der Waals surface area contributed by atoms with Gasteiger partial charge in [0.2, 0.25) is 0 Å². The number of fused-ring (bicyclic) bond motifs is 1. The van der Waals surface area contributed by atoms with Crippen LogP contribution in [0.4, 0.5) is 0 Å². The molecule has 0 saturated carbocycles. The molecule has 4 heteroatoms. The average Bonchev–Trinajstić information content (AvgIpc) is 2.77. The van der Waals surface area contributed by atoms with Gasteiger partial charge in [0.15, 0.2) is 0 Å². The summed E-state index contributed by atoms with van der Waals surface area (Å²) in [4.78, 5) is 15.2. The molecule has 31 heavy (non-hydrogen) atoms. The van der Waals surface area contributed by atoms with Crippen LogP contribution < -0.4 is 9.47 Å². The predicted molar refractivity (Wildman–Crippen MR) is 123 cm³/mol. The number of nitrogens with zero attached hydrogens (tertiary/aromatic N) is 1. The molecule has 1 aliphatic heterocycles. The minimum Gasteiger partial charge on any atom is -0.493 e. The van der Waals surface area contributed by atoms with Crippen LogP contribution in [0, 0.1) is 13.8 Å². The lowest BCUT2D eigenvalue weighted by atomic mass is 9.99. The standard InChI is InChI=1S/C27H29NO3/c1-4-30-26-10-9-22(16-24(26)18-31-25-14-19(2)13-20(3)15-25)27(29)28-12-11-21-7-5-6-8-23(21)17-28/h5-10,13-16H,4,11-12,17-18H2,1-3H3. The zero-order valence-electron chi connectivity index (χ0n) is 18.5. The van der Waals surface area contributed by atoms with Gasteiger partial charge in [-0.3, -0.25) is 4.79 Å². The highest BCUT2D eigenvalue weighted by Gasteiger charge is 2.22. The molecule has 0 saturated heterocycles. The first-order chi connectivity index (χ1) is 15.0. The van der Waals surface area contributed by atoms with Crippen molar-refractivity contribution in [1.82, 2.24) is 4.90 Å². The molecule has 3 aromatic rings. The summed E-state index contributed by atoms with van der Waals surface area (Å²) in [5, 5.41) is 0. The maximum absolute atomic E-state index is 13.2. The van der Waals surface area contributed by atoms with Crippen molar-refractivity contribution >= 4 is 5.91 Å². The van der Waals surface area contributed by atoms with E-state index in [1.807, 2.05) is 48.2 Å². The summed E-state index contributed by atoms with van der Waals surface area (Å²) in [6, 6.07) is 20.2. The first-order valence-electron chi connectivity index (χ1n) is 10.9. The molecule has 0 bridgehead atoms. The van der Waals surface area contributed by atoms with Crippen LogP contribution >= 0.6 is 0 Å². The molecule has 4 rings (SSSR count). The Kier molecular flexibility index (Phi) is 6.26. The molecule has 0 N–H and O–H groups in total. The van der Waals surface area contributed by atoms with Gasteiger partial charge in [-0.1, -0.05) is 30.3 Å². The van der Waals surface area contributed by atoms with E-state index in [4.69, 9.17) is 9.47 Å². The van der Waals surface area contributed by atoms with E-state index >= 15 is 0 Å². The monoisotopic (exact) mass is 415 g/mol. The van der Waals surface area contributed by atoms with Crippen molar-refractivity contribution in [2.75, 3.05) is 13.2 Å². The van der Waals surface area contributed by atoms with Gasteiger partial charge >= 0.3 is 0 Å². The van der Waals surface area contributed by atoms with Gasteiger partial charge in [-0.25, -0.2) is 0 Å². The van der Waals surface area contributed by atoms with Crippen LogP contribution in [0.15, 0.2) is 60.7 Å². The van der Waals surface area contributed by atoms with Crippen LogP contribution in [-0.4, -0.2) is 24.0 Å². The number of aryl methyl sites for hydroxylation is 2. The lowest BCUT2D eigenvalue weighted by Gasteiger charge is -2.29. The van der Waals surface area contributed by atoms with Crippen molar-refractivity contribution < 1.29 is 14.3 Å². The molecule has 160 valence electrons. The van der Waals surface area contributed by atoms with Gasteiger partial charge in [0.1, 0.15) is 18.1 Å². The normalized spacial score (nSPS) is 12.9. The third-order valence-electron chi connectivity index (χ3n) is 5.61.